The molecule has 6 nitrogen and oxygen atoms in total. The van der Waals surface area contributed by atoms with Gasteiger partial charge in [0.2, 0.25) is 5.91 Å². The van der Waals surface area contributed by atoms with Crippen molar-refractivity contribution in [1.82, 2.24) is 16.0 Å². The first-order valence-electron chi connectivity index (χ1n) is 7.18. The van der Waals surface area contributed by atoms with Crippen molar-refractivity contribution in [2.24, 2.45) is 5.92 Å². The molecule has 1 aromatic rings. The van der Waals surface area contributed by atoms with Crippen molar-refractivity contribution in [3.8, 4) is 0 Å². The molecule has 2 amide bonds. The number of carbonyl (C=O) groups excluding carboxylic acids is 2. The topological polar surface area (TPSA) is 79.5 Å². The standard InChI is InChI=1S/C15H21N3O3/c19-14(13-6-7-16-10-13)17-8-9-18-15(20)21-11-12-4-2-1-3-5-12/h1-5,13,16H,6-11H2,(H,17,19)(H,18,20)/t13-/m1/s1. The Morgan fingerprint density at radius 3 is 2.67 bits per heavy atom. The SMILES string of the molecule is O=C(NCCNC(=O)[C@@H]1CCNC1)OCc1ccccc1. The minimum atomic E-state index is -0.476. The Kier molecular flexibility index (Phi) is 6.02. The summed E-state index contributed by atoms with van der Waals surface area (Å²) in [5.41, 5.74) is 0.940. The van der Waals surface area contributed by atoms with Gasteiger partial charge in [0.1, 0.15) is 6.61 Å². The van der Waals surface area contributed by atoms with Crippen LogP contribution in [0.1, 0.15) is 12.0 Å². The number of benzene rings is 1. The molecule has 3 N–H and O–H groups in total. The lowest BCUT2D eigenvalue weighted by Crippen LogP contribution is -2.38. The molecule has 1 saturated heterocycles. The number of rotatable bonds is 6. The molecule has 0 spiro atoms. The fraction of sp³-hybridized carbons (Fsp3) is 0.467. The number of nitrogens with one attached hydrogen (secondary N) is 3. The Labute approximate surface area is 124 Å². The average molecular weight is 291 g/mol. The van der Waals surface area contributed by atoms with Crippen molar-refractivity contribution >= 4 is 12.0 Å². The predicted molar refractivity (Wildman–Crippen MR) is 78.6 cm³/mol. The summed E-state index contributed by atoms with van der Waals surface area (Å²) in [6.07, 6.45) is 0.397. The van der Waals surface area contributed by atoms with E-state index in [4.69, 9.17) is 4.74 Å². The van der Waals surface area contributed by atoms with Crippen molar-refractivity contribution in [3.63, 3.8) is 0 Å². The molecular formula is C15H21N3O3. The highest BCUT2D eigenvalue weighted by Crippen LogP contribution is 2.06. The molecule has 0 unspecified atom stereocenters. The lowest BCUT2D eigenvalue weighted by atomic mass is 10.1. The van der Waals surface area contributed by atoms with E-state index in [2.05, 4.69) is 16.0 Å². The lowest BCUT2D eigenvalue weighted by Gasteiger charge is -2.10. The molecule has 0 aromatic heterocycles. The molecule has 0 radical (unpaired) electrons. The maximum absolute atomic E-state index is 11.7. The molecule has 0 aliphatic carbocycles. The summed E-state index contributed by atoms with van der Waals surface area (Å²) < 4.78 is 5.06. The molecule has 6 heteroatoms. The number of alkyl carbamates (subject to hydrolysis) is 1. The van der Waals surface area contributed by atoms with Gasteiger partial charge in [-0.1, -0.05) is 30.3 Å². The van der Waals surface area contributed by atoms with Gasteiger partial charge in [0, 0.05) is 19.6 Å². The zero-order valence-electron chi connectivity index (χ0n) is 11.9. The van der Waals surface area contributed by atoms with Crippen LogP contribution in [0.5, 0.6) is 0 Å². The minimum Gasteiger partial charge on any atom is -0.445 e. The van der Waals surface area contributed by atoms with E-state index in [9.17, 15) is 9.59 Å². The number of hydrogen-bond donors (Lipinski definition) is 3. The van der Waals surface area contributed by atoms with E-state index >= 15 is 0 Å². The highest BCUT2D eigenvalue weighted by Gasteiger charge is 2.21. The number of ether oxygens (including phenoxy) is 1. The first-order chi connectivity index (χ1) is 10.3. The van der Waals surface area contributed by atoms with Crippen molar-refractivity contribution in [1.29, 1.82) is 0 Å². The van der Waals surface area contributed by atoms with Gasteiger partial charge in [-0.15, -0.1) is 0 Å². The van der Waals surface area contributed by atoms with Crippen LogP contribution in [-0.2, 0) is 16.1 Å². The van der Waals surface area contributed by atoms with Crippen LogP contribution in [0.4, 0.5) is 4.79 Å². The second-order valence-electron chi connectivity index (χ2n) is 4.97. The zero-order valence-corrected chi connectivity index (χ0v) is 11.9. The van der Waals surface area contributed by atoms with Crippen LogP contribution < -0.4 is 16.0 Å². The highest BCUT2D eigenvalue weighted by molar-refractivity contribution is 5.79. The van der Waals surface area contributed by atoms with E-state index < -0.39 is 6.09 Å². The number of hydrogen-bond acceptors (Lipinski definition) is 4. The molecule has 1 heterocycles. The minimum absolute atomic E-state index is 0.0412. The van der Waals surface area contributed by atoms with Crippen molar-refractivity contribution in [2.75, 3.05) is 26.2 Å². The van der Waals surface area contributed by atoms with Crippen molar-refractivity contribution < 1.29 is 14.3 Å². The highest BCUT2D eigenvalue weighted by atomic mass is 16.5. The molecule has 2 rings (SSSR count). The van der Waals surface area contributed by atoms with Gasteiger partial charge in [-0.05, 0) is 18.5 Å². The molecule has 1 fully saturated rings. The summed E-state index contributed by atoms with van der Waals surface area (Å²) in [4.78, 5) is 23.2. The van der Waals surface area contributed by atoms with Gasteiger partial charge >= 0.3 is 6.09 Å². The molecule has 1 aromatic carbocycles. The summed E-state index contributed by atoms with van der Waals surface area (Å²) in [5.74, 6) is 0.0921. The fourth-order valence-electron chi connectivity index (χ4n) is 2.15. The Hall–Kier alpha value is -2.08. The Balaban J connectivity index is 1.54. The molecular weight excluding hydrogens is 270 g/mol. The van der Waals surface area contributed by atoms with E-state index in [1.807, 2.05) is 30.3 Å². The Morgan fingerprint density at radius 2 is 1.95 bits per heavy atom. The first-order valence-corrected chi connectivity index (χ1v) is 7.18. The quantitative estimate of drug-likeness (QED) is 0.672. The number of amides is 2. The average Bonchev–Trinajstić information content (AvgIpc) is 3.05. The van der Waals surface area contributed by atoms with Crippen molar-refractivity contribution in [3.05, 3.63) is 35.9 Å². The maximum Gasteiger partial charge on any atom is 0.407 e. The third kappa shape index (κ3) is 5.43. The molecule has 0 saturated carbocycles. The van der Waals surface area contributed by atoms with Crippen LogP contribution in [0.15, 0.2) is 30.3 Å². The van der Waals surface area contributed by atoms with E-state index in [1.165, 1.54) is 0 Å². The molecule has 1 aliphatic heterocycles. The molecule has 0 bridgehead atoms. The second-order valence-corrected chi connectivity index (χ2v) is 4.97. The van der Waals surface area contributed by atoms with Gasteiger partial charge in [0.25, 0.3) is 0 Å². The summed E-state index contributed by atoms with van der Waals surface area (Å²) >= 11 is 0. The van der Waals surface area contributed by atoms with Crippen LogP contribution in [0.2, 0.25) is 0 Å². The Morgan fingerprint density at radius 1 is 1.19 bits per heavy atom. The molecule has 21 heavy (non-hydrogen) atoms. The molecule has 1 aliphatic rings. The normalized spacial score (nSPS) is 17.2. The van der Waals surface area contributed by atoms with Crippen LogP contribution in [0.25, 0.3) is 0 Å². The second kappa shape index (κ2) is 8.26. The number of carbonyl (C=O) groups is 2. The Bertz CT molecular complexity index is 458. The van der Waals surface area contributed by atoms with Crippen LogP contribution in [0.3, 0.4) is 0 Å². The van der Waals surface area contributed by atoms with E-state index in [1.54, 1.807) is 0 Å². The summed E-state index contributed by atoms with van der Waals surface area (Å²) in [7, 11) is 0. The van der Waals surface area contributed by atoms with Crippen LogP contribution in [-0.4, -0.2) is 38.2 Å². The van der Waals surface area contributed by atoms with Gasteiger partial charge in [0.05, 0.1) is 5.92 Å². The van der Waals surface area contributed by atoms with E-state index in [-0.39, 0.29) is 18.4 Å². The molecule has 114 valence electrons. The first kappa shape index (κ1) is 15.3. The lowest BCUT2D eigenvalue weighted by molar-refractivity contribution is -0.124. The van der Waals surface area contributed by atoms with Crippen LogP contribution >= 0.6 is 0 Å². The van der Waals surface area contributed by atoms with E-state index in [0.29, 0.717) is 13.1 Å². The van der Waals surface area contributed by atoms with Crippen molar-refractivity contribution in [2.45, 2.75) is 13.0 Å². The summed E-state index contributed by atoms with van der Waals surface area (Å²) in [5, 5.41) is 8.56. The fourth-order valence-corrected chi connectivity index (χ4v) is 2.15. The summed E-state index contributed by atoms with van der Waals surface area (Å²) in [6.45, 7) is 2.64. The third-order valence-electron chi connectivity index (χ3n) is 3.34. The largest absolute Gasteiger partial charge is 0.445 e. The van der Waals surface area contributed by atoms with Crippen LogP contribution in [0, 0.1) is 5.92 Å². The monoisotopic (exact) mass is 291 g/mol. The van der Waals surface area contributed by atoms with Gasteiger partial charge < -0.3 is 20.7 Å². The maximum atomic E-state index is 11.7. The third-order valence-corrected chi connectivity index (χ3v) is 3.34. The van der Waals surface area contributed by atoms with Gasteiger partial charge in [-0.2, -0.15) is 0 Å². The van der Waals surface area contributed by atoms with Gasteiger partial charge in [-0.3, -0.25) is 4.79 Å². The zero-order chi connectivity index (χ0) is 14.9. The van der Waals surface area contributed by atoms with Gasteiger partial charge in [-0.25, -0.2) is 4.79 Å². The van der Waals surface area contributed by atoms with E-state index in [0.717, 1.165) is 25.1 Å². The molecule has 1 atom stereocenters. The van der Waals surface area contributed by atoms with Gasteiger partial charge in [0.15, 0.2) is 0 Å². The smallest absolute Gasteiger partial charge is 0.407 e. The predicted octanol–water partition coefficient (Wildman–Crippen LogP) is 0.639. The summed E-state index contributed by atoms with van der Waals surface area (Å²) in [6, 6.07) is 9.48.